The van der Waals surface area contributed by atoms with E-state index >= 15 is 0 Å². The first-order chi connectivity index (χ1) is 10.4. The number of fused-ring (bicyclic) bond motifs is 1. The van der Waals surface area contributed by atoms with Gasteiger partial charge in [0, 0.05) is 30.0 Å². The van der Waals surface area contributed by atoms with E-state index in [4.69, 9.17) is 5.84 Å². The van der Waals surface area contributed by atoms with E-state index in [1.54, 1.807) is 0 Å². The van der Waals surface area contributed by atoms with Crippen LogP contribution in [0.3, 0.4) is 0 Å². The summed E-state index contributed by atoms with van der Waals surface area (Å²) in [7, 11) is 0. The van der Waals surface area contributed by atoms with E-state index < -0.39 is 0 Å². The summed E-state index contributed by atoms with van der Waals surface area (Å²) in [6.07, 6.45) is 7.34. The van der Waals surface area contributed by atoms with Crippen LogP contribution in [0.25, 0.3) is 10.9 Å². The van der Waals surface area contributed by atoms with Crippen LogP contribution in [0.2, 0.25) is 0 Å². The van der Waals surface area contributed by atoms with E-state index in [0.29, 0.717) is 0 Å². The van der Waals surface area contributed by atoms with Crippen LogP contribution in [0.1, 0.15) is 23.6 Å². The Morgan fingerprint density at radius 3 is 2.71 bits per heavy atom. The minimum Gasteiger partial charge on any atom is -0.271 e. The lowest BCUT2D eigenvalue weighted by atomic mass is 9.99. The highest BCUT2D eigenvalue weighted by molar-refractivity contribution is 5.78. The lowest BCUT2D eigenvalue weighted by Gasteiger charge is -2.16. The quantitative estimate of drug-likeness (QED) is 0.556. The molecule has 0 bridgehead atoms. The molecule has 106 valence electrons. The van der Waals surface area contributed by atoms with Crippen LogP contribution < -0.4 is 11.3 Å². The maximum atomic E-state index is 5.73. The Bertz CT molecular complexity index is 712. The molecule has 0 radical (unpaired) electrons. The molecule has 0 fully saturated rings. The summed E-state index contributed by atoms with van der Waals surface area (Å²) in [5.74, 6) is 5.73. The first kappa shape index (κ1) is 13.7. The smallest absolute Gasteiger partial charge is 0.0705 e. The van der Waals surface area contributed by atoms with Crippen molar-refractivity contribution in [1.82, 2.24) is 15.4 Å². The Hall–Kier alpha value is -2.30. The van der Waals surface area contributed by atoms with Gasteiger partial charge in [0.05, 0.1) is 5.52 Å². The van der Waals surface area contributed by atoms with Gasteiger partial charge in [0.2, 0.25) is 0 Å². The Morgan fingerprint density at radius 1 is 1.05 bits per heavy atom. The Balaban J connectivity index is 1.78. The topological polar surface area (TPSA) is 63.8 Å². The molecule has 0 saturated carbocycles. The SMILES string of the molecule is NNC(CCc1ccncc1)c1ccc2cccnc2c1. The van der Waals surface area contributed by atoms with Crippen molar-refractivity contribution < 1.29 is 0 Å². The van der Waals surface area contributed by atoms with Gasteiger partial charge in [-0.25, -0.2) is 0 Å². The van der Waals surface area contributed by atoms with Gasteiger partial charge < -0.3 is 0 Å². The van der Waals surface area contributed by atoms with Crippen LogP contribution >= 0.6 is 0 Å². The van der Waals surface area contributed by atoms with Crippen molar-refractivity contribution in [3.8, 4) is 0 Å². The third-order valence-corrected chi connectivity index (χ3v) is 3.70. The van der Waals surface area contributed by atoms with Crippen LogP contribution in [0.15, 0.2) is 61.1 Å². The van der Waals surface area contributed by atoms with Crippen molar-refractivity contribution in [2.75, 3.05) is 0 Å². The van der Waals surface area contributed by atoms with E-state index in [-0.39, 0.29) is 6.04 Å². The van der Waals surface area contributed by atoms with Crippen LogP contribution in [0, 0.1) is 0 Å². The molecule has 21 heavy (non-hydrogen) atoms. The van der Waals surface area contributed by atoms with Gasteiger partial charge in [-0.05, 0) is 48.2 Å². The summed E-state index contributed by atoms with van der Waals surface area (Å²) in [6, 6.07) is 14.5. The first-order valence-electron chi connectivity index (χ1n) is 7.06. The molecule has 3 aromatic rings. The Morgan fingerprint density at radius 2 is 1.90 bits per heavy atom. The fourth-order valence-corrected chi connectivity index (χ4v) is 2.51. The number of hydrazine groups is 1. The highest BCUT2D eigenvalue weighted by Gasteiger charge is 2.10. The van der Waals surface area contributed by atoms with E-state index in [1.807, 2.05) is 36.8 Å². The van der Waals surface area contributed by atoms with E-state index in [9.17, 15) is 0 Å². The predicted molar refractivity (Wildman–Crippen MR) is 84.4 cm³/mol. The molecule has 0 aliphatic rings. The number of nitrogens with one attached hydrogen (secondary N) is 1. The third-order valence-electron chi connectivity index (χ3n) is 3.70. The lowest BCUT2D eigenvalue weighted by Crippen LogP contribution is -2.28. The van der Waals surface area contributed by atoms with Crippen molar-refractivity contribution in [2.24, 2.45) is 5.84 Å². The second kappa shape index (κ2) is 6.43. The molecule has 3 N–H and O–H groups in total. The monoisotopic (exact) mass is 278 g/mol. The number of aromatic nitrogens is 2. The van der Waals surface area contributed by atoms with Gasteiger partial charge in [-0.3, -0.25) is 21.2 Å². The van der Waals surface area contributed by atoms with Crippen molar-refractivity contribution in [2.45, 2.75) is 18.9 Å². The molecule has 2 heterocycles. The van der Waals surface area contributed by atoms with Gasteiger partial charge in [-0.2, -0.15) is 0 Å². The molecule has 0 aliphatic heterocycles. The van der Waals surface area contributed by atoms with Crippen molar-refractivity contribution in [3.63, 3.8) is 0 Å². The number of benzene rings is 1. The highest BCUT2D eigenvalue weighted by atomic mass is 15.2. The molecule has 1 aromatic carbocycles. The molecule has 0 amide bonds. The zero-order valence-electron chi connectivity index (χ0n) is 11.7. The summed E-state index contributed by atoms with van der Waals surface area (Å²) in [6.45, 7) is 0. The molecule has 0 spiro atoms. The number of rotatable bonds is 5. The maximum Gasteiger partial charge on any atom is 0.0705 e. The summed E-state index contributed by atoms with van der Waals surface area (Å²) < 4.78 is 0. The van der Waals surface area contributed by atoms with Gasteiger partial charge in [-0.1, -0.05) is 18.2 Å². The molecular weight excluding hydrogens is 260 g/mol. The average molecular weight is 278 g/mol. The van der Waals surface area contributed by atoms with E-state index in [2.05, 4.69) is 39.7 Å². The van der Waals surface area contributed by atoms with E-state index in [0.717, 1.165) is 29.3 Å². The minimum absolute atomic E-state index is 0.115. The number of hydrogen-bond acceptors (Lipinski definition) is 4. The number of aryl methyl sites for hydroxylation is 1. The summed E-state index contributed by atoms with van der Waals surface area (Å²) in [4.78, 5) is 8.44. The molecule has 3 rings (SSSR count). The van der Waals surface area contributed by atoms with Crippen LogP contribution in [-0.2, 0) is 6.42 Å². The predicted octanol–water partition coefficient (Wildman–Crippen LogP) is 2.77. The molecule has 0 aliphatic carbocycles. The zero-order chi connectivity index (χ0) is 14.5. The maximum absolute atomic E-state index is 5.73. The Kier molecular flexibility index (Phi) is 4.19. The summed E-state index contributed by atoms with van der Waals surface area (Å²) in [5.41, 5.74) is 6.34. The number of hydrogen-bond donors (Lipinski definition) is 2. The normalized spacial score (nSPS) is 12.4. The largest absolute Gasteiger partial charge is 0.271 e. The molecule has 2 aromatic heterocycles. The molecule has 4 nitrogen and oxygen atoms in total. The first-order valence-corrected chi connectivity index (χ1v) is 7.06. The minimum atomic E-state index is 0.115. The molecular formula is C17H18N4. The molecule has 1 atom stereocenters. The summed E-state index contributed by atoms with van der Waals surface area (Å²) in [5, 5.41) is 1.14. The van der Waals surface area contributed by atoms with Crippen molar-refractivity contribution in [1.29, 1.82) is 0 Å². The summed E-state index contributed by atoms with van der Waals surface area (Å²) >= 11 is 0. The molecule has 1 unspecified atom stereocenters. The zero-order valence-corrected chi connectivity index (χ0v) is 11.7. The van der Waals surface area contributed by atoms with Gasteiger partial charge >= 0.3 is 0 Å². The van der Waals surface area contributed by atoms with Gasteiger partial charge in [-0.15, -0.1) is 0 Å². The average Bonchev–Trinajstić information content (AvgIpc) is 2.56. The van der Waals surface area contributed by atoms with Crippen LogP contribution in [0.4, 0.5) is 0 Å². The highest BCUT2D eigenvalue weighted by Crippen LogP contribution is 2.22. The van der Waals surface area contributed by atoms with Crippen molar-refractivity contribution >= 4 is 10.9 Å². The fraction of sp³-hybridized carbons (Fsp3) is 0.176. The number of nitrogens with two attached hydrogens (primary N) is 1. The second-order valence-corrected chi connectivity index (χ2v) is 5.07. The standard InChI is InChI=1S/C17H18N4/c18-21-16(6-3-13-7-10-19-11-8-13)15-5-4-14-2-1-9-20-17(14)12-15/h1-2,4-5,7-12,16,21H,3,6,18H2. The Labute approximate surface area is 124 Å². The van der Waals surface area contributed by atoms with Gasteiger partial charge in [0.1, 0.15) is 0 Å². The number of pyridine rings is 2. The van der Waals surface area contributed by atoms with E-state index in [1.165, 1.54) is 5.56 Å². The lowest BCUT2D eigenvalue weighted by molar-refractivity contribution is 0.516. The third kappa shape index (κ3) is 3.24. The van der Waals surface area contributed by atoms with Crippen molar-refractivity contribution in [3.05, 3.63) is 72.2 Å². The molecule has 0 saturated heterocycles. The fourth-order valence-electron chi connectivity index (χ4n) is 2.51. The van der Waals surface area contributed by atoms with Crippen LogP contribution in [-0.4, -0.2) is 9.97 Å². The van der Waals surface area contributed by atoms with Gasteiger partial charge in [0.15, 0.2) is 0 Å². The van der Waals surface area contributed by atoms with Gasteiger partial charge in [0.25, 0.3) is 0 Å². The number of nitrogens with zero attached hydrogens (tertiary/aromatic N) is 2. The second-order valence-electron chi connectivity index (χ2n) is 5.07. The van der Waals surface area contributed by atoms with Crippen LogP contribution in [0.5, 0.6) is 0 Å². The molecule has 4 heteroatoms.